The molecule has 1 aliphatic heterocycles. The smallest absolute Gasteiger partial charge is 0.416 e. The Balaban J connectivity index is 1.35. The van der Waals surface area contributed by atoms with Crippen molar-refractivity contribution in [2.45, 2.75) is 6.18 Å². The summed E-state index contributed by atoms with van der Waals surface area (Å²) in [5, 5.41) is 12.9. The van der Waals surface area contributed by atoms with Crippen molar-refractivity contribution >= 4 is 61.4 Å². The number of nitrogens with zero attached hydrogens (tertiary/aromatic N) is 2. The maximum atomic E-state index is 13.1. The number of carbonyl (C=O) groups excluding carboxylic acids is 2. The zero-order valence-electron chi connectivity index (χ0n) is 21.3. The van der Waals surface area contributed by atoms with Gasteiger partial charge in [-0.3, -0.25) is 24.6 Å². The van der Waals surface area contributed by atoms with Crippen molar-refractivity contribution in [3.8, 4) is 17.2 Å². The highest BCUT2D eigenvalue weighted by Crippen LogP contribution is 2.40. The summed E-state index contributed by atoms with van der Waals surface area (Å²) in [4.78, 5) is 37.4. The van der Waals surface area contributed by atoms with Crippen LogP contribution >= 0.6 is 27.7 Å². The molecule has 5 rings (SSSR count). The fourth-order valence-corrected chi connectivity index (χ4v) is 5.40. The van der Waals surface area contributed by atoms with E-state index < -0.39 is 39.2 Å². The normalized spacial score (nSPS) is 14.6. The molecule has 2 amide bonds. The number of nitro groups is 1. The average molecular weight is 659 g/mol. The third kappa shape index (κ3) is 6.26. The van der Waals surface area contributed by atoms with Crippen molar-refractivity contribution in [1.82, 2.24) is 4.90 Å². The zero-order chi connectivity index (χ0) is 30.0. The van der Waals surface area contributed by atoms with Crippen LogP contribution in [0.5, 0.6) is 17.2 Å². The molecule has 42 heavy (non-hydrogen) atoms. The van der Waals surface area contributed by atoms with Crippen LogP contribution < -0.4 is 9.47 Å². The van der Waals surface area contributed by atoms with Crippen LogP contribution in [0.1, 0.15) is 11.1 Å². The van der Waals surface area contributed by atoms with E-state index in [1.54, 1.807) is 18.2 Å². The maximum Gasteiger partial charge on any atom is 0.416 e. The van der Waals surface area contributed by atoms with E-state index in [0.29, 0.717) is 34.1 Å². The fraction of sp³-hybridized carbons (Fsp3) is 0.103. The van der Waals surface area contributed by atoms with Crippen LogP contribution in [-0.4, -0.2) is 34.1 Å². The van der Waals surface area contributed by atoms with E-state index in [4.69, 9.17) is 9.47 Å². The lowest BCUT2D eigenvalue weighted by atomic mass is 10.1. The first kappa shape index (κ1) is 29.1. The molecular weight excluding hydrogens is 641 g/mol. The number of benzene rings is 4. The van der Waals surface area contributed by atoms with Crippen LogP contribution in [-0.2, 0) is 11.0 Å². The Hall–Kier alpha value is -4.36. The van der Waals surface area contributed by atoms with E-state index >= 15 is 0 Å². The Labute approximate surface area is 249 Å². The highest BCUT2D eigenvalue weighted by molar-refractivity contribution is 9.10. The van der Waals surface area contributed by atoms with Gasteiger partial charge in [0, 0.05) is 21.5 Å². The largest absolute Gasteiger partial charge is 0.491 e. The standard InChI is InChI=1S/C29H18BrF3N2O6S/c30-20-9-11-23(41-25-10-8-19(29(31,32)33)16-22(25)35(38)39)18(14-20)15-26-27(36)34(28(37)42-26)12-13-40-24-7-3-5-17-4-1-2-6-21(17)24/h1-11,14-16H,12-13H2/b26-15-. The third-order valence-corrected chi connectivity index (χ3v) is 7.56. The lowest BCUT2D eigenvalue weighted by Gasteiger charge is -2.14. The minimum absolute atomic E-state index is 0.00911. The second-order valence-corrected chi connectivity index (χ2v) is 10.8. The number of hydrogen-bond donors (Lipinski definition) is 0. The highest BCUT2D eigenvalue weighted by atomic mass is 79.9. The minimum atomic E-state index is -4.78. The molecule has 13 heteroatoms. The first-order chi connectivity index (χ1) is 20.0. The van der Waals surface area contributed by atoms with Crippen molar-refractivity contribution < 1.29 is 37.2 Å². The molecule has 8 nitrogen and oxygen atoms in total. The van der Waals surface area contributed by atoms with Gasteiger partial charge in [0.2, 0.25) is 5.75 Å². The summed E-state index contributed by atoms with van der Waals surface area (Å²) < 4.78 is 51.4. The van der Waals surface area contributed by atoms with Crippen LogP contribution in [0, 0.1) is 10.1 Å². The summed E-state index contributed by atoms with van der Waals surface area (Å²) in [6, 6.07) is 19.7. The molecule has 0 aromatic heterocycles. The molecule has 214 valence electrons. The minimum Gasteiger partial charge on any atom is -0.491 e. The van der Waals surface area contributed by atoms with Gasteiger partial charge in [-0.2, -0.15) is 13.2 Å². The number of thioether (sulfide) groups is 1. The molecule has 1 fully saturated rings. The van der Waals surface area contributed by atoms with Crippen molar-refractivity contribution in [2.75, 3.05) is 13.2 Å². The number of imide groups is 1. The number of rotatable bonds is 8. The second kappa shape index (κ2) is 11.9. The zero-order valence-corrected chi connectivity index (χ0v) is 23.7. The van der Waals surface area contributed by atoms with Gasteiger partial charge in [-0.05, 0) is 59.6 Å². The summed E-state index contributed by atoms with van der Waals surface area (Å²) in [6.45, 7) is 0.0486. The monoisotopic (exact) mass is 658 g/mol. The van der Waals surface area contributed by atoms with Crippen LogP contribution in [0.3, 0.4) is 0 Å². The van der Waals surface area contributed by atoms with Crippen LogP contribution in [0.2, 0.25) is 0 Å². The fourth-order valence-electron chi connectivity index (χ4n) is 4.17. The molecule has 1 aliphatic rings. The number of carbonyl (C=O) groups is 2. The van der Waals surface area contributed by atoms with Crippen LogP contribution in [0.25, 0.3) is 16.8 Å². The third-order valence-electron chi connectivity index (χ3n) is 6.16. The summed E-state index contributed by atoms with van der Waals surface area (Å²) in [7, 11) is 0. The van der Waals surface area contributed by atoms with Crippen molar-refractivity contribution in [3.63, 3.8) is 0 Å². The number of amides is 2. The molecule has 0 unspecified atom stereocenters. The van der Waals surface area contributed by atoms with Gasteiger partial charge in [-0.15, -0.1) is 0 Å². The van der Waals surface area contributed by atoms with Gasteiger partial charge in [0.15, 0.2) is 0 Å². The predicted octanol–water partition coefficient (Wildman–Crippen LogP) is 8.44. The molecule has 0 atom stereocenters. The first-order valence-electron chi connectivity index (χ1n) is 12.2. The van der Waals surface area contributed by atoms with Gasteiger partial charge in [-0.25, -0.2) is 0 Å². The van der Waals surface area contributed by atoms with E-state index in [9.17, 15) is 32.9 Å². The van der Waals surface area contributed by atoms with E-state index in [1.807, 2.05) is 36.4 Å². The summed E-state index contributed by atoms with van der Waals surface area (Å²) >= 11 is 4.01. The van der Waals surface area contributed by atoms with Gasteiger partial charge in [0.05, 0.1) is 21.9 Å². The van der Waals surface area contributed by atoms with Crippen LogP contribution in [0.15, 0.2) is 88.2 Å². The molecule has 0 saturated carbocycles. The lowest BCUT2D eigenvalue weighted by molar-refractivity contribution is -0.385. The molecule has 0 aliphatic carbocycles. The molecule has 0 bridgehead atoms. The molecule has 0 radical (unpaired) electrons. The topological polar surface area (TPSA) is 99.0 Å². The summed E-state index contributed by atoms with van der Waals surface area (Å²) in [6.07, 6.45) is -3.40. The number of halogens is 4. The average Bonchev–Trinajstić information content (AvgIpc) is 3.21. The molecular formula is C29H18BrF3N2O6S. The van der Waals surface area contributed by atoms with Gasteiger partial charge >= 0.3 is 11.9 Å². The highest BCUT2D eigenvalue weighted by Gasteiger charge is 2.36. The summed E-state index contributed by atoms with van der Waals surface area (Å²) in [5.41, 5.74) is -1.82. The first-order valence-corrected chi connectivity index (χ1v) is 13.8. The van der Waals surface area contributed by atoms with Gasteiger partial charge in [-0.1, -0.05) is 52.3 Å². The maximum absolute atomic E-state index is 13.1. The van der Waals surface area contributed by atoms with Crippen molar-refractivity contribution in [1.29, 1.82) is 0 Å². The molecule has 4 aromatic carbocycles. The molecule has 4 aromatic rings. The number of nitro benzene ring substituents is 1. The summed E-state index contributed by atoms with van der Waals surface area (Å²) in [5.74, 6) is -0.363. The van der Waals surface area contributed by atoms with Crippen LogP contribution in [0.4, 0.5) is 23.7 Å². The van der Waals surface area contributed by atoms with Gasteiger partial charge in [0.25, 0.3) is 11.1 Å². The van der Waals surface area contributed by atoms with E-state index in [0.717, 1.165) is 21.7 Å². The number of alkyl halides is 3. The quantitative estimate of drug-likeness (QED) is 0.106. The van der Waals surface area contributed by atoms with Crippen molar-refractivity contribution in [2.24, 2.45) is 0 Å². The second-order valence-electron chi connectivity index (χ2n) is 8.88. The van der Waals surface area contributed by atoms with Gasteiger partial charge < -0.3 is 9.47 Å². The Morgan fingerprint density at radius 2 is 1.69 bits per heavy atom. The number of hydrogen-bond acceptors (Lipinski definition) is 7. The predicted molar refractivity (Wildman–Crippen MR) is 154 cm³/mol. The SMILES string of the molecule is O=C1S/C(=C\c2cc(Br)ccc2Oc2ccc(C(F)(F)F)cc2[N+](=O)[O-])C(=O)N1CCOc1cccc2ccccc12. The number of ether oxygens (including phenoxy) is 2. The molecule has 1 heterocycles. The Morgan fingerprint density at radius 1 is 0.952 bits per heavy atom. The van der Waals surface area contributed by atoms with E-state index in [1.165, 1.54) is 12.1 Å². The van der Waals surface area contributed by atoms with E-state index in [2.05, 4.69) is 15.9 Å². The molecule has 0 N–H and O–H groups in total. The number of fused-ring (bicyclic) bond motifs is 1. The Bertz CT molecular complexity index is 1760. The van der Waals surface area contributed by atoms with Gasteiger partial charge in [0.1, 0.15) is 18.1 Å². The molecule has 0 spiro atoms. The van der Waals surface area contributed by atoms with E-state index in [-0.39, 0.29) is 29.4 Å². The van der Waals surface area contributed by atoms with Crippen molar-refractivity contribution in [3.05, 3.63) is 109 Å². The Kier molecular flexibility index (Phi) is 8.23. The lowest BCUT2D eigenvalue weighted by Crippen LogP contribution is -2.32. The molecule has 1 saturated heterocycles. The Morgan fingerprint density at radius 3 is 2.45 bits per heavy atom.